The van der Waals surface area contributed by atoms with Crippen LogP contribution in [0, 0.1) is 5.92 Å². The van der Waals surface area contributed by atoms with Crippen LogP contribution in [-0.4, -0.2) is 28.4 Å². The number of carboxylic acids is 1. The van der Waals surface area contributed by atoms with Gasteiger partial charge in [-0.2, -0.15) is 0 Å². The fraction of sp³-hybridized carbons (Fsp3) is 0.818. The lowest BCUT2D eigenvalue weighted by molar-refractivity contribution is -0.143. The predicted octanol–water partition coefficient (Wildman–Crippen LogP) is 2.01. The molecule has 0 radical (unpaired) electrons. The second-order valence-corrected chi connectivity index (χ2v) is 4.71. The number of carbonyl (C=O) groups is 2. The topological polar surface area (TPSA) is 66.4 Å². The molecule has 0 saturated carbocycles. The molecule has 94 valence electrons. The second kappa shape index (κ2) is 7.49. The molecule has 0 aliphatic rings. The number of carbonyl (C=O) groups excluding carboxylic acids is 1. The van der Waals surface area contributed by atoms with E-state index < -0.39 is 23.3 Å². The second-order valence-electron chi connectivity index (χ2n) is 4.18. The van der Waals surface area contributed by atoms with E-state index in [0.717, 1.165) is 12.8 Å². The van der Waals surface area contributed by atoms with E-state index in [1.807, 2.05) is 6.92 Å². The predicted molar refractivity (Wildman–Crippen MR) is 63.6 cm³/mol. The van der Waals surface area contributed by atoms with Gasteiger partial charge in [0.05, 0.1) is 0 Å². The minimum absolute atomic E-state index is 0.156. The number of carboxylic acid groups (broad SMARTS) is 1. The van der Waals surface area contributed by atoms with Gasteiger partial charge < -0.3 is 10.4 Å². The van der Waals surface area contributed by atoms with Crippen LogP contribution in [0.15, 0.2) is 0 Å². The average molecular weight is 250 g/mol. The number of unbranched alkanes of at least 4 members (excludes halogenated alkanes) is 1. The Kier molecular flexibility index (Phi) is 7.13. The summed E-state index contributed by atoms with van der Waals surface area (Å²) in [5.41, 5.74) is 0. The summed E-state index contributed by atoms with van der Waals surface area (Å²) in [7, 11) is 0. The molecule has 4 nitrogen and oxygen atoms in total. The first kappa shape index (κ1) is 15.2. The Hall–Kier alpha value is -0.770. The van der Waals surface area contributed by atoms with Crippen LogP contribution in [-0.2, 0) is 9.59 Å². The molecule has 0 aromatic heterocycles. The van der Waals surface area contributed by atoms with E-state index >= 15 is 0 Å². The number of halogens is 1. The molecule has 0 aliphatic heterocycles. The zero-order chi connectivity index (χ0) is 12.7. The Morgan fingerprint density at radius 2 is 1.94 bits per heavy atom. The summed E-state index contributed by atoms with van der Waals surface area (Å²) in [4.78, 5) is 22.4. The SMILES string of the molecule is CCCCC(Cl)C(=O)NC(C(=O)O)C(C)C. The summed E-state index contributed by atoms with van der Waals surface area (Å²) in [6.07, 6.45) is 2.40. The van der Waals surface area contributed by atoms with Gasteiger partial charge >= 0.3 is 5.97 Å². The first-order chi connectivity index (χ1) is 7.40. The third kappa shape index (κ3) is 5.35. The molecule has 2 N–H and O–H groups in total. The largest absolute Gasteiger partial charge is 0.480 e. The molecule has 5 heteroatoms. The van der Waals surface area contributed by atoms with Gasteiger partial charge in [-0.3, -0.25) is 4.79 Å². The Bertz CT molecular complexity index is 243. The van der Waals surface area contributed by atoms with Crippen LogP contribution in [0.5, 0.6) is 0 Å². The van der Waals surface area contributed by atoms with Crippen molar-refractivity contribution < 1.29 is 14.7 Å². The van der Waals surface area contributed by atoms with Gasteiger partial charge in [-0.15, -0.1) is 11.6 Å². The molecule has 0 rings (SSSR count). The lowest BCUT2D eigenvalue weighted by Crippen LogP contribution is -2.47. The fourth-order valence-corrected chi connectivity index (χ4v) is 1.49. The van der Waals surface area contributed by atoms with Crippen LogP contribution in [0.4, 0.5) is 0 Å². The van der Waals surface area contributed by atoms with E-state index in [-0.39, 0.29) is 5.92 Å². The maximum atomic E-state index is 11.6. The van der Waals surface area contributed by atoms with Crippen LogP contribution in [0.1, 0.15) is 40.0 Å². The molecule has 0 aromatic carbocycles. The van der Waals surface area contributed by atoms with Crippen LogP contribution in [0.25, 0.3) is 0 Å². The highest BCUT2D eigenvalue weighted by Crippen LogP contribution is 2.09. The number of amides is 1. The Labute approximate surface area is 101 Å². The molecule has 0 spiro atoms. The van der Waals surface area contributed by atoms with Crippen LogP contribution < -0.4 is 5.32 Å². The van der Waals surface area contributed by atoms with E-state index in [1.165, 1.54) is 0 Å². The minimum atomic E-state index is -1.03. The van der Waals surface area contributed by atoms with Gasteiger partial charge in [-0.05, 0) is 12.3 Å². The summed E-state index contributed by atoms with van der Waals surface area (Å²) in [6, 6.07) is -0.865. The van der Waals surface area contributed by atoms with Crippen molar-refractivity contribution in [1.29, 1.82) is 0 Å². The number of aliphatic carboxylic acids is 1. The maximum absolute atomic E-state index is 11.6. The van der Waals surface area contributed by atoms with Gasteiger partial charge in [0.1, 0.15) is 11.4 Å². The summed E-state index contributed by atoms with van der Waals surface area (Å²) in [5, 5.41) is 10.7. The molecule has 0 heterocycles. The highest BCUT2D eigenvalue weighted by atomic mass is 35.5. The quantitative estimate of drug-likeness (QED) is 0.679. The van der Waals surface area contributed by atoms with E-state index in [4.69, 9.17) is 16.7 Å². The van der Waals surface area contributed by atoms with Crippen molar-refractivity contribution in [3.05, 3.63) is 0 Å². The van der Waals surface area contributed by atoms with E-state index in [9.17, 15) is 9.59 Å². The maximum Gasteiger partial charge on any atom is 0.326 e. The van der Waals surface area contributed by atoms with Crippen molar-refractivity contribution in [3.8, 4) is 0 Å². The Balaban J connectivity index is 4.24. The first-order valence-electron chi connectivity index (χ1n) is 5.57. The molecule has 0 fully saturated rings. The lowest BCUT2D eigenvalue weighted by Gasteiger charge is -2.19. The van der Waals surface area contributed by atoms with Gasteiger partial charge in [0.2, 0.25) is 5.91 Å². The standard InChI is InChI=1S/C11H20ClNO3/c1-4-5-6-8(12)10(14)13-9(7(2)3)11(15)16/h7-9H,4-6H2,1-3H3,(H,13,14)(H,15,16). The molecule has 2 unspecified atom stereocenters. The monoisotopic (exact) mass is 249 g/mol. The normalized spacial score (nSPS) is 14.6. The van der Waals surface area contributed by atoms with Crippen LogP contribution in [0.3, 0.4) is 0 Å². The first-order valence-corrected chi connectivity index (χ1v) is 6.01. The summed E-state index contributed by atoms with van der Waals surface area (Å²) < 4.78 is 0. The fourth-order valence-electron chi connectivity index (χ4n) is 1.27. The average Bonchev–Trinajstić information content (AvgIpc) is 2.20. The number of alkyl halides is 1. The van der Waals surface area contributed by atoms with E-state index in [0.29, 0.717) is 6.42 Å². The number of rotatable bonds is 7. The summed E-state index contributed by atoms with van der Waals surface area (Å²) >= 11 is 5.86. The van der Waals surface area contributed by atoms with Crippen molar-refractivity contribution in [2.45, 2.75) is 51.5 Å². The molecule has 0 bridgehead atoms. The van der Waals surface area contributed by atoms with Crippen LogP contribution in [0.2, 0.25) is 0 Å². The summed E-state index contributed by atoms with van der Waals surface area (Å²) in [5.74, 6) is -1.57. The molecule has 0 saturated heterocycles. The molecular weight excluding hydrogens is 230 g/mol. The van der Waals surface area contributed by atoms with Crippen molar-refractivity contribution in [2.75, 3.05) is 0 Å². The Morgan fingerprint density at radius 3 is 2.31 bits per heavy atom. The van der Waals surface area contributed by atoms with E-state index in [2.05, 4.69) is 5.32 Å². The Morgan fingerprint density at radius 1 is 1.38 bits per heavy atom. The van der Waals surface area contributed by atoms with Gasteiger partial charge in [-0.1, -0.05) is 33.6 Å². The van der Waals surface area contributed by atoms with Gasteiger partial charge in [0.25, 0.3) is 0 Å². The molecule has 1 amide bonds. The molecular formula is C11H20ClNO3. The zero-order valence-corrected chi connectivity index (χ0v) is 10.8. The zero-order valence-electron chi connectivity index (χ0n) is 10.00. The smallest absolute Gasteiger partial charge is 0.326 e. The number of nitrogens with one attached hydrogen (secondary N) is 1. The third-order valence-corrected chi connectivity index (χ3v) is 2.74. The van der Waals surface area contributed by atoms with Crippen LogP contribution >= 0.6 is 11.6 Å². The highest BCUT2D eigenvalue weighted by Gasteiger charge is 2.26. The van der Waals surface area contributed by atoms with Gasteiger partial charge in [-0.25, -0.2) is 4.79 Å². The van der Waals surface area contributed by atoms with Crippen molar-refractivity contribution in [2.24, 2.45) is 5.92 Å². The molecule has 0 aliphatic carbocycles. The van der Waals surface area contributed by atoms with Gasteiger partial charge in [0, 0.05) is 0 Å². The highest BCUT2D eigenvalue weighted by molar-refractivity contribution is 6.30. The lowest BCUT2D eigenvalue weighted by atomic mass is 10.0. The molecule has 0 aromatic rings. The molecule has 2 atom stereocenters. The minimum Gasteiger partial charge on any atom is -0.480 e. The number of hydrogen-bond donors (Lipinski definition) is 2. The van der Waals surface area contributed by atoms with Gasteiger partial charge in [0.15, 0.2) is 0 Å². The molecule has 16 heavy (non-hydrogen) atoms. The van der Waals surface area contributed by atoms with Crippen molar-refractivity contribution >= 4 is 23.5 Å². The van der Waals surface area contributed by atoms with Crippen molar-refractivity contribution in [1.82, 2.24) is 5.32 Å². The third-order valence-electron chi connectivity index (χ3n) is 2.33. The number of hydrogen-bond acceptors (Lipinski definition) is 2. The van der Waals surface area contributed by atoms with E-state index in [1.54, 1.807) is 13.8 Å². The summed E-state index contributed by atoms with van der Waals surface area (Å²) in [6.45, 7) is 5.50. The van der Waals surface area contributed by atoms with Crippen molar-refractivity contribution in [3.63, 3.8) is 0 Å².